The van der Waals surface area contributed by atoms with Crippen LogP contribution in [0.3, 0.4) is 0 Å². The fourth-order valence-electron chi connectivity index (χ4n) is 2.58. The van der Waals surface area contributed by atoms with Gasteiger partial charge in [0.1, 0.15) is 11.5 Å². The van der Waals surface area contributed by atoms with Crippen LogP contribution in [-0.2, 0) is 4.79 Å². The molecule has 0 aliphatic heterocycles. The quantitative estimate of drug-likeness (QED) is 0.480. The molecule has 0 bridgehead atoms. The molecule has 3 aromatic carbocycles. The fraction of sp³-hybridized carbons (Fsp3) is 0.0870. The van der Waals surface area contributed by atoms with E-state index >= 15 is 0 Å². The van der Waals surface area contributed by atoms with E-state index in [4.69, 9.17) is 4.74 Å². The van der Waals surface area contributed by atoms with Crippen molar-refractivity contribution in [3.63, 3.8) is 0 Å². The molecule has 0 saturated heterocycles. The summed E-state index contributed by atoms with van der Waals surface area (Å²) in [5, 5.41) is 6.51. The molecular formula is C23H21N3O3. The Morgan fingerprint density at radius 2 is 1.66 bits per heavy atom. The summed E-state index contributed by atoms with van der Waals surface area (Å²) in [6.45, 7) is 1.68. The first-order chi connectivity index (χ1) is 14.1. The Balaban J connectivity index is 1.49. The molecule has 0 fully saturated rings. The predicted octanol–water partition coefficient (Wildman–Crippen LogP) is 3.67. The van der Waals surface area contributed by atoms with E-state index in [2.05, 4.69) is 15.8 Å². The smallest absolute Gasteiger partial charge is 0.259 e. The molecule has 0 aliphatic rings. The average Bonchev–Trinajstić information content (AvgIpc) is 2.73. The maximum atomic E-state index is 12.1. The molecule has 29 heavy (non-hydrogen) atoms. The van der Waals surface area contributed by atoms with Gasteiger partial charge in [0.25, 0.3) is 11.8 Å². The van der Waals surface area contributed by atoms with Gasteiger partial charge in [-0.05, 0) is 48.4 Å². The number of hydrogen-bond acceptors (Lipinski definition) is 4. The van der Waals surface area contributed by atoms with E-state index in [1.165, 1.54) is 6.21 Å². The third-order valence-corrected chi connectivity index (χ3v) is 4.04. The van der Waals surface area contributed by atoms with Crippen molar-refractivity contribution in [2.75, 3.05) is 6.54 Å². The highest BCUT2D eigenvalue weighted by atomic mass is 16.5. The highest BCUT2D eigenvalue weighted by molar-refractivity contribution is 5.97. The topological polar surface area (TPSA) is 79.8 Å². The SMILES string of the molecule is Cc1ccccc1C(=O)NCC(=O)N/N=C\c1cccc(Oc2ccccc2)c1. The minimum Gasteiger partial charge on any atom is -0.457 e. The van der Waals surface area contributed by atoms with Gasteiger partial charge in [-0.1, -0.05) is 48.5 Å². The fourth-order valence-corrected chi connectivity index (χ4v) is 2.58. The summed E-state index contributed by atoms with van der Waals surface area (Å²) < 4.78 is 5.77. The number of hydrogen-bond donors (Lipinski definition) is 2. The molecule has 0 unspecified atom stereocenters. The van der Waals surface area contributed by atoms with Crippen LogP contribution < -0.4 is 15.5 Å². The van der Waals surface area contributed by atoms with Gasteiger partial charge in [0, 0.05) is 5.56 Å². The molecule has 0 spiro atoms. The number of aryl methyl sites for hydroxylation is 1. The molecule has 0 saturated carbocycles. The van der Waals surface area contributed by atoms with Gasteiger partial charge >= 0.3 is 0 Å². The standard InChI is InChI=1S/C23H21N3O3/c1-17-8-5-6-13-21(17)23(28)24-16-22(27)26-25-15-18-9-7-12-20(14-18)29-19-10-3-2-4-11-19/h2-15H,16H2,1H3,(H,24,28)(H,26,27)/b25-15-. The number of rotatable bonds is 7. The Kier molecular flexibility index (Phi) is 6.73. The number of benzene rings is 3. The van der Waals surface area contributed by atoms with Gasteiger partial charge in [0.05, 0.1) is 12.8 Å². The van der Waals surface area contributed by atoms with Crippen molar-refractivity contribution in [2.45, 2.75) is 6.92 Å². The van der Waals surface area contributed by atoms with Crippen LogP contribution in [0.1, 0.15) is 21.5 Å². The molecule has 0 heterocycles. The lowest BCUT2D eigenvalue weighted by atomic mass is 10.1. The first-order valence-corrected chi connectivity index (χ1v) is 9.10. The summed E-state index contributed by atoms with van der Waals surface area (Å²) in [7, 11) is 0. The number of nitrogens with zero attached hydrogens (tertiary/aromatic N) is 1. The second kappa shape index (κ2) is 9.85. The van der Waals surface area contributed by atoms with E-state index in [1.54, 1.807) is 12.1 Å². The van der Waals surface area contributed by atoms with Gasteiger partial charge < -0.3 is 10.1 Å². The summed E-state index contributed by atoms with van der Waals surface area (Å²) in [4.78, 5) is 24.0. The van der Waals surface area contributed by atoms with E-state index < -0.39 is 5.91 Å². The molecule has 3 aromatic rings. The zero-order chi connectivity index (χ0) is 20.5. The maximum absolute atomic E-state index is 12.1. The minimum atomic E-state index is -0.417. The molecule has 2 amide bonds. The van der Waals surface area contributed by atoms with Crippen LogP contribution in [0.5, 0.6) is 11.5 Å². The molecule has 6 nitrogen and oxygen atoms in total. The van der Waals surface area contributed by atoms with Crippen LogP contribution in [0.15, 0.2) is 84.0 Å². The zero-order valence-corrected chi connectivity index (χ0v) is 16.0. The van der Waals surface area contributed by atoms with Gasteiger partial charge in [-0.15, -0.1) is 0 Å². The predicted molar refractivity (Wildman–Crippen MR) is 112 cm³/mol. The molecule has 0 radical (unpaired) electrons. The molecule has 146 valence electrons. The summed E-state index contributed by atoms with van der Waals surface area (Å²) in [5.74, 6) is 0.684. The van der Waals surface area contributed by atoms with Crippen molar-refractivity contribution in [2.24, 2.45) is 5.10 Å². The van der Waals surface area contributed by atoms with Crippen LogP contribution >= 0.6 is 0 Å². The zero-order valence-electron chi connectivity index (χ0n) is 16.0. The Hall–Kier alpha value is -3.93. The van der Waals surface area contributed by atoms with Crippen LogP contribution in [0.2, 0.25) is 0 Å². The largest absolute Gasteiger partial charge is 0.457 e. The molecule has 3 rings (SSSR count). The summed E-state index contributed by atoms with van der Waals surface area (Å²) in [5.41, 5.74) is 4.55. The Morgan fingerprint density at radius 3 is 2.45 bits per heavy atom. The first-order valence-electron chi connectivity index (χ1n) is 9.10. The van der Waals surface area contributed by atoms with E-state index in [0.29, 0.717) is 11.3 Å². The van der Waals surface area contributed by atoms with Crippen molar-refractivity contribution in [1.82, 2.24) is 10.7 Å². The van der Waals surface area contributed by atoms with Crippen molar-refractivity contribution in [3.8, 4) is 11.5 Å². The number of carbonyl (C=O) groups excluding carboxylic acids is 2. The molecule has 0 aliphatic carbocycles. The van der Waals surface area contributed by atoms with E-state index in [0.717, 1.165) is 16.9 Å². The van der Waals surface area contributed by atoms with Gasteiger partial charge in [-0.2, -0.15) is 5.10 Å². The Bertz CT molecular complexity index is 1020. The number of hydrazone groups is 1. The molecule has 2 N–H and O–H groups in total. The Morgan fingerprint density at radius 1 is 0.931 bits per heavy atom. The third-order valence-electron chi connectivity index (χ3n) is 4.04. The van der Waals surface area contributed by atoms with Crippen molar-refractivity contribution >= 4 is 18.0 Å². The summed E-state index contributed by atoms with van der Waals surface area (Å²) in [6.07, 6.45) is 1.51. The monoisotopic (exact) mass is 387 g/mol. The number of carbonyl (C=O) groups is 2. The molecule has 0 aromatic heterocycles. The van der Waals surface area contributed by atoms with Crippen LogP contribution in [0.25, 0.3) is 0 Å². The maximum Gasteiger partial charge on any atom is 0.259 e. The van der Waals surface area contributed by atoms with E-state index in [1.807, 2.05) is 73.7 Å². The lowest BCUT2D eigenvalue weighted by Crippen LogP contribution is -2.35. The molecular weight excluding hydrogens is 366 g/mol. The van der Waals surface area contributed by atoms with Crippen LogP contribution in [-0.4, -0.2) is 24.6 Å². The number of amides is 2. The van der Waals surface area contributed by atoms with Crippen molar-refractivity contribution in [1.29, 1.82) is 0 Å². The molecule has 0 atom stereocenters. The van der Waals surface area contributed by atoms with Crippen LogP contribution in [0, 0.1) is 6.92 Å². The Labute approximate surface area is 169 Å². The lowest BCUT2D eigenvalue weighted by molar-refractivity contribution is -0.120. The van der Waals surface area contributed by atoms with Gasteiger partial charge in [-0.25, -0.2) is 5.43 Å². The molecule has 6 heteroatoms. The van der Waals surface area contributed by atoms with Crippen LogP contribution in [0.4, 0.5) is 0 Å². The van der Waals surface area contributed by atoms with E-state index in [9.17, 15) is 9.59 Å². The normalized spacial score (nSPS) is 10.5. The average molecular weight is 387 g/mol. The number of para-hydroxylation sites is 1. The number of nitrogens with one attached hydrogen (secondary N) is 2. The first kappa shape index (κ1) is 19.8. The summed E-state index contributed by atoms with van der Waals surface area (Å²) >= 11 is 0. The van der Waals surface area contributed by atoms with Gasteiger partial charge in [0.15, 0.2) is 0 Å². The van der Waals surface area contributed by atoms with Gasteiger partial charge in [-0.3, -0.25) is 9.59 Å². The van der Waals surface area contributed by atoms with E-state index in [-0.39, 0.29) is 12.5 Å². The summed E-state index contributed by atoms with van der Waals surface area (Å²) in [6, 6.07) is 24.0. The second-order valence-corrected chi connectivity index (χ2v) is 6.28. The lowest BCUT2D eigenvalue weighted by Gasteiger charge is -2.07. The third kappa shape index (κ3) is 6.04. The highest BCUT2D eigenvalue weighted by Gasteiger charge is 2.09. The minimum absolute atomic E-state index is 0.165. The van der Waals surface area contributed by atoms with Gasteiger partial charge in [0.2, 0.25) is 0 Å². The second-order valence-electron chi connectivity index (χ2n) is 6.28. The van der Waals surface area contributed by atoms with Crippen molar-refractivity contribution < 1.29 is 14.3 Å². The number of ether oxygens (including phenoxy) is 1. The highest BCUT2D eigenvalue weighted by Crippen LogP contribution is 2.21. The van der Waals surface area contributed by atoms with Crippen molar-refractivity contribution in [3.05, 3.63) is 95.6 Å².